The molecule has 2 aromatic rings. The van der Waals surface area contributed by atoms with Crippen molar-refractivity contribution in [2.24, 2.45) is 14.1 Å². The van der Waals surface area contributed by atoms with Crippen molar-refractivity contribution in [3.8, 4) is 34.4 Å². The first kappa shape index (κ1) is 22.1. The fourth-order valence-corrected chi connectivity index (χ4v) is 5.05. The molecule has 1 fully saturated rings. The summed E-state index contributed by atoms with van der Waals surface area (Å²) >= 11 is 0. The minimum absolute atomic E-state index is 0.00905. The van der Waals surface area contributed by atoms with Crippen molar-refractivity contribution >= 4 is 10.0 Å². The minimum atomic E-state index is -3.59. The molecule has 1 aromatic carbocycles. The highest BCUT2D eigenvalue weighted by atomic mass is 32.2. The van der Waals surface area contributed by atoms with Gasteiger partial charge in [0.1, 0.15) is 5.76 Å². The smallest absolute Gasteiger partial charge is 0.352 e. The second kappa shape index (κ2) is 8.27. The quantitative estimate of drug-likeness (QED) is 0.400. The first-order chi connectivity index (χ1) is 16.3. The van der Waals surface area contributed by atoms with Gasteiger partial charge in [0, 0.05) is 32.7 Å². The van der Waals surface area contributed by atoms with E-state index in [1.807, 2.05) is 0 Å². The molecule has 0 bridgehead atoms. The third kappa shape index (κ3) is 3.73. The van der Waals surface area contributed by atoms with Gasteiger partial charge in [-0.1, -0.05) is 0 Å². The normalized spacial score (nSPS) is 15.1. The molecule has 12 nitrogen and oxygen atoms in total. The first-order valence-corrected chi connectivity index (χ1v) is 11.8. The van der Waals surface area contributed by atoms with E-state index in [1.54, 1.807) is 31.3 Å². The lowest BCUT2D eigenvalue weighted by atomic mass is 10.2. The van der Waals surface area contributed by atoms with Crippen LogP contribution in [0.4, 0.5) is 0 Å². The summed E-state index contributed by atoms with van der Waals surface area (Å²) in [6, 6.07) is 9.73. The topological polar surface area (TPSA) is 142 Å². The molecule has 0 radical (unpaired) electrons. The molecule has 0 N–H and O–H groups in total. The van der Waals surface area contributed by atoms with Gasteiger partial charge in [0.2, 0.25) is 15.8 Å². The number of aryl methyl sites for hydroxylation is 1. The summed E-state index contributed by atoms with van der Waals surface area (Å²) in [6.45, 7) is 1.40. The molecule has 1 aromatic heterocycles. The number of aromatic nitrogens is 5. The van der Waals surface area contributed by atoms with Crippen LogP contribution in [0.1, 0.15) is 0 Å². The second-order valence-corrected chi connectivity index (χ2v) is 9.63. The highest BCUT2D eigenvalue weighted by molar-refractivity contribution is 7.89. The van der Waals surface area contributed by atoms with Gasteiger partial charge in [0.05, 0.1) is 18.1 Å². The number of benzene rings is 1. The van der Waals surface area contributed by atoms with E-state index in [0.717, 1.165) is 4.57 Å². The lowest BCUT2D eigenvalue weighted by molar-refractivity contribution is 0.0730. The summed E-state index contributed by atoms with van der Waals surface area (Å²) in [5, 5.41) is 4.26. The van der Waals surface area contributed by atoms with Gasteiger partial charge in [0.15, 0.2) is 17.3 Å². The summed E-state index contributed by atoms with van der Waals surface area (Å²) in [5.74, 6) is 0.981. The van der Waals surface area contributed by atoms with Gasteiger partial charge >= 0.3 is 5.69 Å². The molecule has 0 aliphatic carbocycles. The van der Waals surface area contributed by atoms with Gasteiger partial charge in [0.25, 0.3) is 5.56 Å². The Bertz CT molecular complexity index is 1560. The Hall–Kier alpha value is -3.68. The number of furan rings is 1. The molecule has 3 aliphatic rings. The van der Waals surface area contributed by atoms with E-state index in [0.29, 0.717) is 43.4 Å². The summed E-state index contributed by atoms with van der Waals surface area (Å²) in [5.41, 5.74) is -0.627. The van der Waals surface area contributed by atoms with Crippen molar-refractivity contribution in [1.29, 1.82) is 0 Å². The lowest BCUT2D eigenvalue weighted by Gasteiger charge is -2.26. The summed E-state index contributed by atoms with van der Waals surface area (Å²) < 4.78 is 40.3. The number of ether oxygens (including phenoxy) is 1. The molecule has 0 atom stereocenters. The zero-order valence-electron chi connectivity index (χ0n) is 18.3. The Morgan fingerprint density at radius 3 is 2.29 bits per heavy atom. The SMILES string of the molecule is Cn1nc(-c2ccc(-c3ccc(S(=O)(=O)N4CCOCC4)cc3)o2)nc2c(=O)n(C)c(=O)nc1-2. The number of nitrogens with zero attached hydrogens (tertiary/aromatic N) is 6. The molecule has 34 heavy (non-hydrogen) atoms. The van der Waals surface area contributed by atoms with Crippen LogP contribution in [0.25, 0.3) is 34.4 Å². The van der Waals surface area contributed by atoms with Crippen LogP contribution in [-0.2, 0) is 28.9 Å². The van der Waals surface area contributed by atoms with Gasteiger partial charge in [-0.05, 0) is 36.4 Å². The lowest BCUT2D eigenvalue weighted by Crippen LogP contribution is -2.40. The van der Waals surface area contributed by atoms with Crippen molar-refractivity contribution in [2.75, 3.05) is 26.3 Å². The van der Waals surface area contributed by atoms with Gasteiger partial charge in [-0.3, -0.25) is 9.36 Å². The molecule has 4 heterocycles. The van der Waals surface area contributed by atoms with Crippen LogP contribution in [0.3, 0.4) is 0 Å². The fourth-order valence-electron chi connectivity index (χ4n) is 3.65. The van der Waals surface area contributed by atoms with Crippen molar-refractivity contribution in [2.45, 2.75) is 4.90 Å². The molecule has 0 unspecified atom stereocenters. The zero-order chi connectivity index (χ0) is 24.0. The standard InChI is InChI=1S/C21H20N6O6S/c1-25-20(28)17-19(23-21(25)29)26(2)24-18(22-17)16-8-7-15(33-16)13-3-5-14(6-4-13)34(30,31)27-9-11-32-12-10-27/h3-8H,9-12H2,1-2H3. The molecule has 176 valence electrons. The van der Waals surface area contributed by atoms with Crippen molar-refractivity contribution in [1.82, 2.24) is 28.6 Å². The van der Waals surface area contributed by atoms with E-state index in [2.05, 4.69) is 15.1 Å². The summed E-state index contributed by atoms with van der Waals surface area (Å²) in [6.07, 6.45) is 0. The van der Waals surface area contributed by atoms with Crippen molar-refractivity contribution in [3.05, 3.63) is 57.2 Å². The number of morpholine rings is 1. The molecule has 3 aliphatic heterocycles. The van der Waals surface area contributed by atoms with Crippen LogP contribution in [0, 0.1) is 0 Å². The maximum atomic E-state index is 12.8. The van der Waals surface area contributed by atoms with E-state index in [9.17, 15) is 18.0 Å². The Labute approximate surface area is 193 Å². The maximum Gasteiger partial charge on any atom is 0.352 e. The van der Waals surface area contributed by atoms with Gasteiger partial charge in [-0.15, -0.1) is 5.10 Å². The minimum Gasteiger partial charge on any atom is -0.453 e. The zero-order valence-corrected chi connectivity index (χ0v) is 19.2. The molecule has 13 heteroatoms. The summed E-state index contributed by atoms with van der Waals surface area (Å²) in [7, 11) is -0.716. The molecule has 0 spiro atoms. The predicted octanol–water partition coefficient (Wildman–Crippen LogP) is 0.322. The highest BCUT2D eigenvalue weighted by Gasteiger charge is 2.26. The molecular weight excluding hydrogens is 464 g/mol. The fraction of sp³-hybridized carbons (Fsp3) is 0.286. The number of fused-ring (bicyclic) bond motifs is 1. The molecule has 1 saturated heterocycles. The monoisotopic (exact) mass is 484 g/mol. The third-order valence-electron chi connectivity index (χ3n) is 5.55. The molecular formula is C21H20N6O6S. The van der Waals surface area contributed by atoms with Crippen LogP contribution in [0.2, 0.25) is 0 Å². The van der Waals surface area contributed by atoms with Crippen LogP contribution in [0.5, 0.6) is 0 Å². The largest absolute Gasteiger partial charge is 0.453 e. The third-order valence-corrected chi connectivity index (χ3v) is 7.46. The maximum absolute atomic E-state index is 12.8. The van der Waals surface area contributed by atoms with Crippen LogP contribution < -0.4 is 11.2 Å². The molecule has 0 saturated carbocycles. The van der Waals surface area contributed by atoms with Crippen molar-refractivity contribution < 1.29 is 17.6 Å². The predicted molar refractivity (Wildman–Crippen MR) is 120 cm³/mol. The van der Waals surface area contributed by atoms with E-state index < -0.39 is 21.3 Å². The average Bonchev–Trinajstić information content (AvgIpc) is 3.34. The Morgan fingerprint density at radius 2 is 1.59 bits per heavy atom. The van der Waals surface area contributed by atoms with Crippen LogP contribution in [0.15, 0.2) is 55.3 Å². The number of hydrogen-bond acceptors (Lipinski definition) is 9. The number of sulfonamides is 1. The van der Waals surface area contributed by atoms with Crippen LogP contribution in [-0.4, -0.2) is 63.3 Å². The summed E-state index contributed by atoms with van der Waals surface area (Å²) in [4.78, 5) is 32.6. The Balaban J connectivity index is 1.47. The Morgan fingerprint density at radius 1 is 0.912 bits per heavy atom. The van der Waals surface area contributed by atoms with Crippen molar-refractivity contribution in [3.63, 3.8) is 0 Å². The van der Waals surface area contributed by atoms with Gasteiger partial charge in [-0.25, -0.2) is 22.9 Å². The molecule has 5 rings (SSSR count). The van der Waals surface area contributed by atoms with E-state index >= 15 is 0 Å². The Kier molecular flexibility index (Phi) is 5.38. The first-order valence-electron chi connectivity index (χ1n) is 10.4. The average molecular weight is 484 g/mol. The molecule has 0 amide bonds. The second-order valence-electron chi connectivity index (χ2n) is 7.69. The van der Waals surface area contributed by atoms with E-state index in [1.165, 1.54) is 28.2 Å². The van der Waals surface area contributed by atoms with E-state index in [4.69, 9.17) is 9.15 Å². The van der Waals surface area contributed by atoms with Gasteiger partial charge in [-0.2, -0.15) is 9.29 Å². The highest BCUT2D eigenvalue weighted by Crippen LogP contribution is 2.29. The number of rotatable bonds is 4. The van der Waals surface area contributed by atoms with Gasteiger partial charge < -0.3 is 9.15 Å². The van der Waals surface area contributed by atoms with E-state index in [-0.39, 0.29) is 22.2 Å². The number of hydrogen-bond donors (Lipinski definition) is 0. The van der Waals surface area contributed by atoms with Crippen LogP contribution >= 0.6 is 0 Å².